The van der Waals surface area contributed by atoms with Crippen LogP contribution in [0.2, 0.25) is 0 Å². The molecule has 9 nitrogen and oxygen atoms in total. The highest BCUT2D eigenvalue weighted by Crippen LogP contribution is 2.52. The number of hydrogen-bond donors (Lipinski definition) is 0. The molecule has 5 rings (SSSR count). The monoisotopic (exact) mass is 517 g/mol. The van der Waals surface area contributed by atoms with E-state index in [1.165, 1.54) is 13.3 Å². The summed E-state index contributed by atoms with van der Waals surface area (Å²) < 4.78 is 17.3. The van der Waals surface area contributed by atoms with Crippen LogP contribution in [0.1, 0.15) is 12.0 Å². The zero-order chi connectivity index (χ0) is 23.1. The van der Waals surface area contributed by atoms with Crippen molar-refractivity contribution in [3.8, 4) is 11.5 Å². The first-order chi connectivity index (χ1) is 16.0. The smallest absolute Gasteiger partial charge is 0.260 e. The van der Waals surface area contributed by atoms with Crippen molar-refractivity contribution in [2.24, 2.45) is 28.8 Å². The van der Waals surface area contributed by atoms with Crippen LogP contribution < -0.4 is 9.47 Å². The number of amides is 3. The van der Waals surface area contributed by atoms with Gasteiger partial charge in [-0.05, 0) is 30.4 Å². The van der Waals surface area contributed by atoms with Gasteiger partial charge in [-0.2, -0.15) is 10.1 Å². The van der Waals surface area contributed by atoms with Gasteiger partial charge in [0.25, 0.3) is 17.7 Å². The average Bonchev–Trinajstić information content (AvgIpc) is 3.51. The van der Waals surface area contributed by atoms with Gasteiger partial charge in [-0.25, -0.2) is 0 Å². The van der Waals surface area contributed by atoms with Crippen molar-refractivity contribution >= 4 is 39.9 Å². The molecule has 1 aromatic carbocycles. The molecule has 0 spiro atoms. The fraction of sp³-hybridized carbons (Fsp3) is 0.478. The van der Waals surface area contributed by atoms with Crippen molar-refractivity contribution in [1.82, 2.24) is 9.91 Å². The molecule has 33 heavy (non-hydrogen) atoms. The minimum Gasteiger partial charge on any atom is -0.493 e. The third-order valence-electron chi connectivity index (χ3n) is 6.73. The highest BCUT2D eigenvalue weighted by molar-refractivity contribution is 9.10. The number of allylic oxidation sites excluding steroid dienone is 2. The lowest BCUT2D eigenvalue weighted by Crippen LogP contribution is -2.43. The first-order valence-corrected chi connectivity index (χ1v) is 11.7. The Balaban J connectivity index is 1.36. The second-order valence-electron chi connectivity index (χ2n) is 8.54. The number of benzene rings is 1. The van der Waals surface area contributed by atoms with E-state index in [0.717, 1.165) is 11.4 Å². The number of carbonyl (C=O) groups is 3. The standard InChI is InChI=1S/C23H24BrN3O6/c1-31-17-10-16(24)9-15(21(17)33-12-18(28)26-4-6-32-7-5-26)11-25-27-22(29)19-13-2-3-14(8-13)20(19)23(27)30/h2-3,9-11,13-14,19-20H,4-8,12H2,1H3/t13-,14-,19-,20+/m0/s1. The second kappa shape index (κ2) is 8.90. The van der Waals surface area contributed by atoms with E-state index in [4.69, 9.17) is 14.2 Å². The summed E-state index contributed by atoms with van der Waals surface area (Å²) in [4.78, 5) is 40.0. The molecule has 2 bridgehead atoms. The van der Waals surface area contributed by atoms with Crippen molar-refractivity contribution in [2.75, 3.05) is 40.0 Å². The number of imide groups is 1. The molecular formula is C23H24BrN3O6. The maximum atomic E-state index is 12.9. The molecule has 3 amide bonds. The first kappa shape index (κ1) is 22.1. The molecule has 0 radical (unpaired) electrons. The third kappa shape index (κ3) is 3.95. The van der Waals surface area contributed by atoms with E-state index in [1.807, 2.05) is 12.2 Å². The Kier molecular flexibility index (Phi) is 5.96. The van der Waals surface area contributed by atoms with E-state index in [9.17, 15) is 14.4 Å². The molecule has 2 saturated heterocycles. The Labute approximate surface area is 199 Å². The fourth-order valence-corrected chi connectivity index (χ4v) is 5.60. The molecule has 4 atom stereocenters. The summed E-state index contributed by atoms with van der Waals surface area (Å²) in [7, 11) is 1.50. The van der Waals surface area contributed by atoms with Gasteiger partial charge in [-0.3, -0.25) is 14.4 Å². The molecule has 2 aliphatic carbocycles. The SMILES string of the molecule is COc1cc(Br)cc(C=NN2C(=O)[C@@H]3[C@H](C2=O)[C@H]2C=C[C@H]3C2)c1OCC(=O)N1CCOCC1. The largest absolute Gasteiger partial charge is 0.493 e. The Morgan fingerprint density at radius 2 is 1.85 bits per heavy atom. The molecular weight excluding hydrogens is 494 g/mol. The Hall–Kier alpha value is -2.72. The van der Waals surface area contributed by atoms with E-state index >= 15 is 0 Å². The number of carbonyl (C=O) groups excluding carboxylic acids is 3. The average molecular weight is 518 g/mol. The summed E-state index contributed by atoms with van der Waals surface area (Å²) in [5.74, 6) is -0.361. The maximum Gasteiger partial charge on any atom is 0.260 e. The number of hydrazone groups is 1. The van der Waals surface area contributed by atoms with Gasteiger partial charge in [0.15, 0.2) is 18.1 Å². The lowest BCUT2D eigenvalue weighted by atomic mass is 9.85. The van der Waals surface area contributed by atoms with E-state index in [0.29, 0.717) is 47.8 Å². The van der Waals surface area contributed by atoms with E-state index in [2.05, 4.69) is 21.0 Å². The number of rotatable bonds is 6. The highest BCUT2D eigenvalue weighted by atomic mass is 79.9. The van der Waals surface area contributed by atoms with Crippen LogP contribution in [0.15, 0.2) is 33.9 Å². The van der Waals surface area contributed by atoms with Crippen LogP contribution in [0.4, 0.5) is 0 Å². The molecule has 1 aromatic rings. The van der Waals surface area contributed by atoms with Gasteiger partial charge < -0.3 is 19.1 Å². The zero-order valence-electron chi connectivity index (χ0n) is 18.1. The highest BCUT2D eigenvalue weighted by Gasteiger charge is 2.59. The predicted molar refractivity (Wildman–Crippen MR) is 121 cm³/mol. The van der Waals surface area contributed by atoms with Crippen molar-refractivity contribution in [2.45, 2.75) is 6.42 Å². The summed E-state index contributed by atoms with van der Waals surface area (Å²) in [5.41, 5.74) is 0.481. The van der Waals surface area contributed by atoms with Gasteiger partial charge in [-0.1, -0.05) is 28.1 Å². The second-order valence-corrected chi connectivity index (χ2v) is 9.46. The summed E-state index contributed by atoms with van der Waals surface area (Å²) in [6, 6.07) is 3.45. The van der Waals surface area contributed by atoms with E-state index < -0.39 is 0 Å². The van der Waals surface area contributed by atoms with Crippen LogP contribution in [0.3, 0.4) is 0 Å². The van der Waals surface area contributed by atoms with Gasteiger partial charge in [-0.15, -0.1) is 0 Å². The summed E-state index contributed by atoms with van der Waals surface area (Å²) in [5, 5.41) is 5.23. The van der Waals surface area contributed by atoms with Crippen molar-refractivity contribution < 1.29 is 28.6 Å². The molecule has 0 aromatic heterocycles. The molecule has 2 aliphatic heterocycles. The van der Waals surface area contributed by atoms with Crippen molar-refractivity contribution in [3.05, 3.63) is 34.3 Å². The number of morpholine rings is 1. The number of halogens is 1. The molecule has 0 unspecified atom stereocenters. The normalized spacial score (nSPS) is 28.2. The number of nitrogens with zero attached hydrogens (tertiary/aromatic N) is 3. The predicted octanol–water partition coefficient (Wildman–Crippen LogP) is 1.84. The number of hydrogen-bond acceptors (Lipinski definition) is 7. The lowest BCUT2D eigenvalue weighted by Gasteiger charge is -2.27. The number of methoxy groups -OCH3 is 1. The van der Waals surface area contributed by atoms with E-state index in [-0.39, 0.29) is 48.0 Å². The summed E-state index contributed by atoms with van der Waals surface area (Å²) in [6.07, 6.45) is 6.36. The first-order valence-electron chi connectivity index (χ1n) is 10.9. The summed E-state index contributed by atoms with van der Waals surface area (Å²) in [6.45, 7) is 1.86. The van der Waals surface area contributed by atoms with E-state index in [1.54, 1.807) is 17.0 Å². The van der Waals surface area contributed by atoms with Crippen molar-refractivity contribution in [1.29, 1.82) is 0 Å². The number of ether oxygens (including phenoxy) is 3. The minimum absolute atomic E-state index is 0.118. The Morgan fingerprint density at radius 3 is 2.48 bits per heavy atom. The van der Waals surface area contributed by atoms with Gasteiger partial charge in [0, 0.05) is 23.1 Å². The van der Waals surface area contributed by atoms with Crippen LogP contribution in [-0.4, -0.2) is 73.9 Å². The van der Waals surface area contributed by atoms with Crippen LogP contribution in [0.5, 0.6) is 11.5 Å². The molecule has 1 saturated carbocycles. The fourth-order valence-electron chi connectivity index (χ4n) is 5.15. The quantitative estimate of drug-likeness (QED) is 0.324. The molecule has 4 aliphatic rings. The third-order valence-corrected chi connectivity index (χ3v) is 7.19. The van der Waals surface area contributed by atoms with Crippen molar-refractivity contribution in [3.63, 3.8) is 0 Å². The van der Waals surface area contributed by atoms with Gasteiger partial charge >= 0.3 is 0 Å². The molecule has 10 heteroatoms. The number of fused-ring (bicyclic) bond motifs is 5. The van der Waals surface area contributed by atoms with Crippen LogP contribution in [0, 0.1) is 23.7 Å². The minimum atomic E-state index is -0.316. The summed E-state index contributed by atoms with van der Waals surface area (Å²) >= 11 is 3.43. The van der Waals surface area contributed by atoms with Gasteiger partial charge in [0.05, 0.1) is 38.4 Å². The van der Waals surface area contributed by atoms with Crippen LogP contribution >= 0.6 is 15.9 Å². The lowest BCUT2D eigenvalue weighted by molar-refractivity contribution is -0.140. The maximum absolute atomic E-state index is 12.9. The molecule has 2 heterocycles. The van der Waals surface area contributed by atoms with Crippen LogP contribution in [-0.2, 0) is 19.1 Å². The Bertz CT molecular complexity index is 1020. The zero-order valence-corrected chi connectivity index (χ0v) is 19.7. The molecule has 0 N–H and O–H groups in total. The van der Waals surface area contributed by atoms with Gasteiger partial charge in [0.2, 0.25) is 0 Å². The Morgan fingerprint density at radius 1 is 1.18 bits per heavy atom. The van der Waals surface area contributed by atoms with Gasteiger partial charge in [0.1, 0.15) is 0 Å². The molecule has 3 fully saturated rings. The topological polar surface area (TPSA) is 97.7 Å². The molecule has 174 valence electrons. The van der Waals surface area contributed by atoms with Crippen LogP contribution in [0.25, 0.3) is 0 Å².